The molecule has 2 rings (SSSR count). The number of hydrogen-bond donors (Lipinski definition) is 2. The van der Waals surface area contributed by atoms with E-state index in [0.29, 0.717) is 12.2 Å². The van der Waals surface area contributed by atoms with Gasteiger partial charge in [-0.25, -0.2) is 9.59 Å². The molecule has 0 aliphatic rings. The number of carboxylic acids is 2. The number of rotatable bonds is 2. The van der Waals surface area contributed by atoms with Gasteiger partial charge in [-0.2, -0.15) is 0 Å². The van der Waals surface area contributed by atoms with Crippen LogP contribution in [0.2, 0.25) is 0 Å². The summed E-state index contributed by atoms with van der Waals surface area (Å²) in [6.45, 7) is 0. The number of carboxylic acid groups (broad SMARTS) is 2. The Bertz CT molecular complexity index is 497. The molecule has 0 saturated heterocycles. The number of aromatic nitrogens is 1. The van der Waals surface area contributed by atoms with Gasteiger partial charge in [0.25, 0.3) is 0 Å². The summed E-state index contributed by atoms with van der Waals surface area (Å²) in [5.41, 5.74) is 0.845. The minimum absolute atomic E-state index is 0.558. The smallest absolute Gasteiger partial charge is 0.328 e. The number of aliphatic carboxylic acids is 2. The lowest BCUT2D eigenvalue weighted by atomic mass is 10.3. The van der Waals surface area contributed by atoms with E-state index in [-0.39, 0.29) is 0 Å². The predicted molar refractivity (Wildman–Crippen MR) is 58.4 cm³/mol. The third-order valence-corrected chi connectivity index (χ3v) is 1.63. The number of nitrogens with zero attached hydrogens (tertiary/aromatic N) is 1. The number of hydrogen-bond acceptors (Lipinski definition) is 4. The Kier molecular flexibility index (Phi) is 4.44. The van der Waals surface area contributed by atoms with Crippen LogP contribution in [0.3, 0.4) is 0 Å². The second kappa shape index (κ2) is 6.06. The zero-order chi connectivity index (χ0) is 12.7. The van der Waals surface area contributed by atoms with E-state index in [1.165, 1.54) is 0 Å². The molecule has 6 heteroatoms. The molecule has 17 heavy (non-hydrogen) atoms. The molecule has 0 saturated carbocycles. The van der Waals surface area contributed by atoms with E-state index in [2.05, 4.69) is 5.16 Å². The van der Waals surface area contributed by atoms with Crippen molar-refractivity contribution >= 4 is 22.9 Å². The van der Waals surface area contributed by atoms with Gasteiger partial charge in [0.15, 0.2) is 5.58 Å². The normalized spacial score (nSPS) is 9.88. The molecule has 0 aliphatic heterocycles. The summed E-state index contributed by atoms with van der Waals surface area (Å²) in [4.78, 5) is 19.1. The zero-order valence-electron chi connectivity index (χ0n) is 8.61. The molecule has 0 fully saturated rings. The van der Waals surface area contributed by atoms with Gasteiger partial charge in [-0.3, -0.25) is 0 Å². The maximum absolute atomic E-state index is 9.55. The van der Waals surface area contributed by atoms with Crippen LogP contribution in [0.1, 0.15) is 0 Å². The summed E-state index contributed by atoms with van der Waals surface area (Å²) in [6, 6.07) is 7.74. The molecule has 1 aromatic heterocycles. The van der Waals surface area contributed by atoms with E-state index in [1.807, 2.05) is 24.3 Å². The van der Waals surface area contributed by atoms with Gasteiger partial charge >= 0.3 is 11.9 Å². The Morgan fingerprint density at radius 1 is 1.12 bits per heavy atom. The Hall–Kier alpha value is -2.63. The van der Waals surface area contributed by atoms with E-state index in [1.54, 1.807) is 6.20 Å². The molecule has 2 N–H and O–H groups in total. The van der Waals surface area contributed by atoms with Crippen LogP contribution in [0.4, 0.5) is 0 Å². The highest BCUT2D eigenvalue weighted by Gasteiger charge is 1.91. The molecule has 2 aromatic rings. The summed E-state index contributed by atoms with van der Waals surface area (Å²) in [5, 5.41) is 20.3. The molecule has 0 bridgehead atoms. The average Bonchev–Trinajstić information content (AvgIpc) is 2.75. The molecule has 0 spiro atoms. The number of para-hydroxylation sites is 1. The summed E-state index contributed by atoms with van der Waals surface area (Å²) in [6.07, 6.45) is 2.82. The van der Waals surface area contributed by atoms with Crippen LogP contribution in [0.25, 0.3) is 11.0 Å². The van der Waals surface area contributed by atoms with Crippen molar-refractivity contribution in [3.63, 3.8) is 0 Å². The maximum atomic E-state index is 9.55. The molecule has 0 aliphatic carbocycles. The highest BCUT2D eigenvalue weighted by molar-refractivity contribution is 5.89. The lowest BCUT2D eigenvalue weighted by Crippen LogP contribution is -1.91. The van der Waals surface area contributed by atoms with Crippen molar-refractivity contribution in [2.24, 2.45) is 0 Å². The van der Waals surface area contributed by atoms with E-state index in [9.17, 15) is 9.59 Å². The van der Waals surface area contributed by atoms with Crippen LogP contribution in [0.15, 0.2) is 47.1 Å². The lowest BCUT2D eigenvalue weighted by molar-refractivity contribution is -0.134. The number of fused-ring (bicyclic) bond motifs is 1. The Labute approximate surface area is 95.8 Å². The molecule has 0 amide bonds. The van der Waals surface area contributed by atoms with Gasteiger partial charge < -0.3 is 14.7 Å². The first-order chi connectivity index (χ1) is 8.09. The molecule has 0 radical (unpaired) electrons. The van der Waals surface area contributed by atoms with Crippen LogP contribution in [-0.4, -0.2) is 27.3 Å². The summed E-state index contributed by atoms with van der Waals surface area (Å²) < 4.78 is 4.87. The molecule has 1 heterocycles. The largest absolute Gasteiger partial charge is 0.478 e. The minimum Gasteiger partial charge on any atom is -0.478 e. The van der Waals surface area contributed by atoms with Crippen molar-refractivity contribution in [2.45, 2.75) is 0 Å². The number of carbonyl (C=O) groups is 2. The Balaban J connectivity index is 0.000000172. The molecule has 0 atom stereocenters. The van der Waals surface area contributed by atoms with Gasteiger partial charge in [-0.1, -0.05) is 17.3 Å². The van der Waals surface area contributed by atoms with Crippen molar-refractivity contribution in [1.82, 2.24) is 5.16 Å². The molecular formula is C11H9NO5. The summed E-state index contributed by atoms with van der Waals surface area (Å²) >= 11 is 0. The monoisotopic (exact) mass is 235 g/mol. The third-order valence-electron chi connectivity index (χ3n) is 1.63. The zero-order valence-corrected chi connectivity index (χ0v) is 8.61. The summed E-state index contributed by atoms with van der Waals surface area (Å²) in [7, 11) is 0. The topological polar surface area (TPSA) is 101 Å². The van der Waals surface area contributed by atoms with E-state index in [4.69, 9.17) is 14.7 Å². The van der Waals surface area contributed by atoms with Gasteiger partial charge in [-0.15, -0.1) is 0 Å². The van der Waals surface area contributed by atoms with Gasteiger partial charge in [0.2, 0.25) is 0 Å². The Morgan fingerprint density at radius 2 is 1.71 bits per heavy atom. The van der Waals surface area contributed by atoms with Gasteiger partial charge in [0, 0.05) is 17.5 Å². The summed E-state index contributed by atoms with van der Waals surface area (Å²) in [5.74, 6) is -2.51. The first-order valence-electron chi connectivity index (χ1n) is 4.53. The molecular weight excluding hydrogens is 226 g/mol. The third kappa shape index (κ3) is 4.61. The fraction of sp³-hybridized carbons (Fsp3) is 0. The molecule has 0 unspecified atom stereocenters. The van der Waals surface area contributed by atoms with Crippen molar-refractivity contribution in [3.05, 3.63) is 42.6 Å². The van der Waals surface area contributed by atoms with E-state index >= 15 is 0 Å². The quantitative estimate of drug-likeness (QED) is 0.765. The minimum atomic E-state index is -1.26. The van der Waals surface area contributed by atoms with Gasteiger partial charge in [0.1, 0.15) is 0 Å². The fourth-order valence-electron chi connectivity index (χ4n) is 0.953. The van der Waals surface area contributed by atoms with Gasteiger partial charge in [-0.05, 0) is 12.1 Å². The highest BCUT2D eigenvalue weighted by atomic mass is 16.5. The van der Waals surface area contributed by atoms with Crippen LogP contribution in [0, 0.1) is 0 Å². The average molecular weight is 235 g/mol. The standard InChI is InChI=1S/C7H5NO.C4H4O4/c1-2-4-7-6(3-1)5-8-9-7;5-3(6)1-2-4(7)8/h1-5H;1-2H,(H,5,6)(H,7,8)/b;2-1+. The van der Waals surface area contributed by atoms with Crippen LogP contribution in [-0.2, 0) is 9.59 Å². The maximum Gasteiger partial charge on any atom is 0.328 e. The van der Waals surface area contributed by atoms with Crippen molar-refractivity contribution in [3.8, 4) is 0 Å². The molecule has 88 valence electrons. The van der Waals surface area contributed by atoms with Gasteiger partial charge in [0.05, 0.1) is 6.20 Å². The van der Waals surface area contributed by atoms with Crippen LogP contribution in [0.5, 0.6) is 0 Å². The fourth-order valence-corrected chi connectivity index (χ4v) is 0.953. The Morgan fingerprint density at radius 3 is 2.24 bits per heavy atom. The second-order valence-electron chi connectivity index (χ2n) is 2.87. The predicted octanol–water partition coefficient (Wildman–Crippen LogP) is 1.54. The first-order valence-corrected chi connectivity index (χ1v) is 4.53. The van der Waals surface area contributed by atoms with Crippen LogP contribution >= 0.6 is 0 Å². The molecule has 6 nitrogen and oxygen atoms in total. The van der Waals surface area contributed by atoms with Crippen molar-refractivity contribution in [1.29, 1.82) is 0 Å². The first kappa shape index (κ1) is 12.4. The van der Waals surface area contributed by atoms with Crippen molar-refractivity contribution < 1.29 is 24.3 Å². The SMILES string of the molecule is O=C(O)/C=C/C(=O)O.c1ccc2oncc2c1. The second-order valence-corrected chi connectivity index (χ2v) is 2.87. The van der Waals surface area contributed by atoms with E-state index < -0.39 is 11.9 Å². The molecule has 1 aromatic carbocycles. The number of benzene rings is 1. The highest BCUT2D eigenvalue weighted by Crippen LogP contribution is 2.10. The van der Waals surface area contributed by atoms with Crippen molar-refractivity contribution in [2.75, 3.05) is 0 Å². The van der Waals surface area contributed by atoms with Crippen LogP contribution < -0.4 is 0 Å². The lowest BCUT2D eigenvalue weighted by Gasteiger charge is -1.78. The van der Waals surface area contributed by atoms with E-state index in [0.717, 1.165) is 11.0 Å².